The number of ether oxygens (including phenoxy) is 1. The van der Waals surface area contributed by atoms with Gasteiger partial charge in [0.2, 0.25) is 5.91 Å². The minimum absolute atomic E-state index is 0.0741. The molecule has 1 heterocycles. The van der Waals surface area contributed by atoms with Gasteiger partial charge in [0.05, 0.1) is 18.7 Å². The maximum Gasteiger partial charge on any atom is 0.241 e. The van der Waals surface area contributed by atoms with Crippen LogP contribution >= 0.6 is 0 Å². The lowest BCUT2D eigenvalue weighted by Crippen LogP contribution is -2.45. The highest BCUT2D eigenvalue weighted by atomic mass is 16.5. The third-order valence-corrected chi connectivity index (χ3v) is 4.13. The Kier molecular flexibility index (Phi) is 5.01. The number of carbonyl (C=O) groups is 1. The predicted molar refractivity (Wildman–Crippen MR) is 83.9 cm³/mol. The molecule has 1 aromatic rings. The molecule has 4 nitrogen and oxygen atoms in total. The number of carbonyl (C=O) groups excluding carboxylic acids is 1. The summed E-state index contributed by atoms with van der Waals surface area (Å²) < 4.78 is 5.35. The van der Waals surface area contributed by atoms with Crippen molar-refractivity contribution < 1.29 is 9.53 Å². The molecular formula is C17H26N2O2. The Bertz CT molecular complexity index is 501. The third-order valence-electron chi connectivity index (χ3n) is 4.13. The van der Waals surface area contributed by atoms with E-state index in [2.05, 4.69) is 44.3 Å². The normalized spacial score (nSPS) is 23.9. The molecule has 0 bridgehead atoms. The van der Waals surface area contributed by atoms with Gasteiger partial charge < -0.3 is 9.64 Å². The summed E-state index contributed by atoms with van der Waals surface area (Å²) in [6.07, 6.45) is -0.0741. The molecule has 1 N–H and O–H groups in total. The van der Waals surface area contributed by atoms with Crippen molar-refractivity contribution in [1.29, 1.82) is 0 Å². The Hall–Kier alpha value is -1.39. The van der Waals surface area contributed by atoms with E-state index in [-0.39, 0.29) is 24.2 Å². The minimum atomic E-state index is -0.159. The van der Waals surface area contributed by atoms with Crippen molar-refractivity contribution in [3.63, 3.8) is 0 Å². The quantitative estimate of drug-likeness (QED) is 0.906. The number of aryl methyl sites for hydroxylation is 1. The van der Waals surface area contributed by atoms with Crippen molar-refractivity contribution in [2.75, 3.05) is 13.7 Å². The van der Waals surface area contributed by atoms with E-state index in [1.165, 1.54) is 5.56 Å². The van der Waals surface area contributed by atoms with Gasteiger partial charge in [-0.15, -0.1) is 0 Å². The van der Waals surface area contributed by atoms with Gasteiger partial charge >= 0.3 is 0 Å². The van der Waals surface area contributed by atoms with Gasteiger partial charge in [-0.05, 0) is 25.3 Å². The summed E-state index contributed by atoms with van der Waals surface area (Å²) in [5, 5.41) is 3.41. The molecule has 116 valence electrons. The van der Waals surface area contributed by atoms with Crippen LogP contribution in [0.1, 0.15) is 38.1 Å². The molecule has 0 saturated carbocycles. The van der Waals surface area contributed by atoms with Gasteiger partial charge in [-0.25, -0.2) is 0 Å². The fourth-order valence-electron chi connectivity index (χ4n) is 2.96. The maximum absolute atomic E-state index is 12.6. The Balaban J connectivity index is 2.36. The van der Waals surface area contributed by atoms with Crippen molar-refractivity contribution in [3.05, 3.63) is 35.4 Å². The van der Waals surface area contributed by atoms with E-state index < -0.39 is 0 Å². The number of amides is 1. The van der Waals surface area contributed by atoms with Gasteiger partial charge in [0.15, 0.2) is 0 Å². The first-order valence-electron chi connectivity index (χ1n) is 7.59. The van der Waals surface area contributed by atoms with Crippen molar-refractivity contribution in [2.24, 2.45) is 5.92 Å². The summed E-state index contributed by atoms with van der Waals surface area (Å²) in [6.45, 7) is 8.82. The molecule has 2 rings (SSSR count). The summed E-state index contributed by atoms with van der Waals surface area (Å²) in [6, 6.07) is 8.24. The minimum Gasteiger partial charge on any atom is -0.383 e. The molecule has 21 heavy (non-hydrogen) atoms. The number of methoxy groups -OCH3 is 1. The lowest BCUT2D eigenvalue weighted by atomic mass is 10.0. The zero-order valence-corrected chi connectivity index (χ0v) is 13.6. The number of hydrogen-bond donors (Lipinski definition) is 1. The molecule has 0 radical (unpaired) electrons. The lowest BCUT2D eigenvalue weighted by Gasteiger charge is -2.35. The van der Waals surface area contributed by atoms with Crippen LogP contribution in [0, 0.1) is 12.8 Å². The van der Waals surface area contributed by atoms with Crippen molar-refractivity contribution >= 4 is 5.91 Å². The van der Waals surface area contributed by atoms with Gasteiger partial charge in [0.1, 0.15) is 6.17 Å². The Labute approximate surface area is 127 Å². The summed E-state index contributed by atoms with van der Waals surface area (Å²) in [7, 11) is 1.69. The van der Waals surface area contributed by atoms with Crippen LogP contribution in [0.15, 0.2) is 24.3 Å². The molecule has 1 aliphatic rings. The fourth-order valence-corrected chi connectivity index (χ4v) is 2.96. The van der Waals surface area contributed by atoms with Crippen LogP contribution in [-0.4, -0.2) is 36.6 Å². The maximum atomic E-state index is 12.6. The Morgan fingerprint density at radius 1 is 1.38 bits per heavy atom. The van der Waals surface area contributed by atoms with Crippen LogP contribution in [0.3, 0.4) is 0 Å². The summed E-state index contributed by atoms with van der Waals surface area (Å²) >= 11 is 0. The first-order valence-corrected chi connectivity index (χ1v) is 7.59. The van der Waals surface area contributed by atoms with Crippen LogP contribution in [-0.2, 0) is 9.53 Å². The van der Waals surface area contributed by atoms with E-state index in [4.69, 9.17) is 4.74 Å². The molecule has 1 amide bonds. The summed E-state index contributed by atoms with van der Waals surface area (Å²) in [5.41, 5.74) is 2.34. The molecule has 0 aromatic heterocycles. The van der Waals surface area contributed by atoms with Gasteiger partial charge in [-0.2, -0.15) is 0 Å². The van der Waals surface area contributed by atoms with Gasteiger partial charge in [0.25, 0.3) is 0 Å². The highest BCUT2D eigenvalue weighted by Gasteiger charge is 2.42. The molecule has 3 unspecified atom stereocenters. The average molecular weight is 290 g/mol. The smallest absolute Gasteiger partial charge is 0.241 e. The number of benzene rings is 1. The molecule has 4 heteroatoms. The second kappa shape index (κ2) is 6.58. The monoisotopic (exact) mass is 290 g/mol. The van der Waals surface area contributed by atoms with Crippen LogP contribution in [0.4, 0.5) is 0 Å². The van der Waals surface area contributed by atoms with E-state index in [9.17, 15) is 4.79 Å². The largest absolute Gasteiger partial charge is 0.383 e. The highest BCUT2D eigenvalue weighted by Crippen LogP contribution is 2.30. The molecule has 1 aromatic carbocycles. The second-order valence-corrected chi connectivity index (χ2v) is 6.22. The second-order valence-electron chi connectivity index (χ2n) is 6.22. The first kappa shape index (κ1) is 16.0. The van der Waals surface area contributed by atoms with Crippen molar-refractivity contribution in [2.45, 2.75) is 45.9 Å². The first-order chi connectivity index (χ1) is 9.95. The van der Waals surface area contributed by atoms with Crippen molar-refractivity contribution in [1.82, 2.24) is 10.2 Å². The standard InChI is InChI=1S/C17H26N2O2/c1-11(2)15(10-21-5)19-16(18-13(4)17(19)20)14-8-6-7-12(3)9-14/h6-9,11,13,15-16,18H,10H2,1-5H3. The molecular weight excluding hydrogens is 264 g/mol. The number of rotatable bonds is 5. The van der Waals surface area contributed by atoms with Gasteiger partial charge in [-0.3, -0.25) is 10.1 Å². The zero-order chi connectivity index (χ0) is 15.6. The van der Waals surface area contributed by atoms with E-state index in [1.54, 1.807) is 7.11 Å². The molecule has 1 aliphatic heterocycles. The van der Waals surface area contributed by atoms with Crippen LogP contribution in [0.5, 0.6) is 0 Å². The molecule has 0 aliphatic carbocycles. The Morgan fingerprint density at radius 3 is 2.67 bits per heavy atom. The van der Waals surface area contributed by atoms with E-state index in [0.717, 1.165) is 5.56 Å². The highest BCUT2D eigenvalue weighted by molar-refractivity contribution is 5.84. The van der Waals surface area contributed by atoms with Crippen LogP contribution in [0.25, 0.3) is 0 Å². The van der Waals surface area contributed by atoms with Gasteiger partial charge in [-0.1, -0.05) is 43.7 Å². The Morgan fingerprint density at radius 2 is 2.10 bits per heavy atom. The average Bonchev–Trinajstić information content (AvgIpc) is 2.72. The van der Waals surface area contributed by atoms with E-state index in [1.807, 2.05) is 17.9 Å². The van der Waals surface area contributed by atoms with Crippen LogP contribution in [0.2, 0.25) is 0 Å². The SMILES string of the molecule is COCC(C(C)C)N1C(=O)C(C)NC1c1cccc(C)c1. The number of hydrogen-bond acceptors (Lipinski definition) is 3. The van der Waals surface area contributed by atoms with E-state index in [0.29, 0.717) is 12.5 Å². The van der Waals surface area contributed by atoms with Crippen molar-refractivity contribution in [3.8, 4) is 0 Å². The van der Waals surface area contributed by atoms with E-state index >= 15 is 0 Å². The summed E-state index contributed by atoms with van der Waals surface area (Å²) in [5.74, 6) is 0.491. The number of nitrogens with zero attached hydrogens (tertiary/aromatic N) is 1. The lowest BCUT2D eigenvalue weighted by molar-refractivity contribution is -0.134. The zero-order valence-electron chi connectivity index (χ0n) is 13.6. The molecule has 0 spiro atoms. The molecule has 1 fully saturated rings. The topological polar surface area (TPSA) is 41.6 Å². The third kappa shape index (κ3) is 3.27. The van der Waals surface area contributed by atoms with Gasteiger partial charge in [0, 0.05) is 7.11 Å². The predicted octanol–water partition coefficient (Wildman–Crippen LogP) is 2.48. The van der Waals surface area contributed by atoms with Crippen LogP contribution < -0.4 is 5.32 Å². The molecule has 3 atom stereocenters. The molecule has 1 saturated heterocycles. The number of nitrogens with one attached hydrogen (secondary N) is 1. The fraction of sp³-hybridized carbons (Fsp3) is 0.588. The summed E-state index contributed by atoms with van der Waals surface area (Å²) in [4.78, 5) is 14.6.